The van der Waals surface area contributed by atoms with Gasteiger partial charge in [-0.15, -0.1) is 0 Å². The lowest BCUT2D eigenvalue weighted by atomic mass is 10.2. The van der Waals surface area contributed by atoms with Gasteiger partial charge < -0.3 is 19.1 Å². The van der Waals surface area contributed by atoms with Crippen molar-refractivity contribution in [2.24, 2.45) is 0 Å². The highest BCUT2D eigenvalue weighted by Gasteiger charge is 2.14. The van der Waals surface area contributed by atoms with Crippen molar-refractivity contribution in [2.45, 2.75) is 65.0 Å². The molecule has 0 saturated heterocycles. The van der Waals surface area contributed by atoms with E-state index in [4.69, 9.17) is 14.5 Å². The number of hydrogen-bond donors (Lipinski definition) is 1. The van der Waals surface area contributed by atoms with Crippen LogP contribution in [0.3, 0.4) is 0 Å². The molecule has 0 bridgehead atoms. The Morgan fingerprint density at radius 2 is 1.63 bits per heavy atom. The maximum atomic E-state index is 10.6. The third-order valence-electron chi connectivity index (χ3n) is 5.13. The van der Waals surface area contributed by atoms with Crippen LogP contribution in [0.25, 0.3) is 11.0 Å². The molecule has 5 heteroatoms. The summed E-state index contributed by atoms with van der Waals surface area (Å²) in [5.41, 5.74) is 2.03. The van der Waals surface area contributed by atoms with Crippen LogP contribution in [0.5, 0.6) is 11.5 Å². The number of imidazole rings is 1. The maximum Gasteiger partial charge on any atom is 0.119 e. The van der Waals surface area contributed by atoms with Crippen LogP contribution >= 0.6 is 0 Å². The Labute approximate surface area is 179 Å². The molecule has 0 saturated carbocycles. The summed E-state index contributed by atoms with van der Waals surface area (Å²) in [5.74, 6) is 2.60. The molecule has 1 aromatic heterocycles. The Morgan fingerprint density at radius 3 is 2.37 bits per heavy atom. The number of rotatable bonds is 13. The maximum absolute atomic E-state index is 10.6. The zero-order valence-electron chi connectivity index (χ0n) is 18.2. The van der Waals surface area contributed by atoms with Gasteiger partial charge in [0.05, 0.1) is 24.2 Å². The fourth-order valence-corrected chi connectivity index (χ4v) is 3.55. The van der Waals surface area contributed by atoms with Gasteiger partial charge >= 0.3 is 0 Å². The number of unbranched alkanes of at least 4 members (excludes halogenated alkanes) is 3. The molecule has 0 fully saturated rings. The fraction of sp³-hybridized carbons (Fsp3) is 0.480. The minimum Gasteiger partial charge on any atom is -0.494 e. The van der Waals surface area contributed by atoms with Crippen molar-refractivity contribution in [3.05, 3.63) is 54.4 Å². The molecule has 0 aliphatic carbocycles. The Kier molecular flexibility index (Phi) is 8.57. The van der Waals surface area contributed by atoms with Gasteiger partial charge in [0.25, 0.3) is 0 Å². The van der Waals surface area contributed by atoms with Crippen molar-refractivity contribution >= 4 is 11.0 Å². The monoisotopic (exact) mass is 410 g/mol. The minimum absolute atomic E-state index is 0.231. The van der Waals surface area contributed by atoms with Crippen molar-refractivity contribution < 1.29 is 14.6 Å². The number of nitrogens with zero attached hydrogens (tertiary/aromatic N) is 2. The number of para-hydroxylation sites is 2. The predicted octanol–water partition coefficient (Wildman–Crippen LogP) is 5.39. The number of aliphatic hydroxyl groups is 1. The van der Waals surface area contributed by atoms with Gasteiger partial charge in [0, 0.05) is 6.42 Å². The molecule has 3 aromatic rings. The molecule has 0 spiro atoms. The van der Waals surface area contributed by atoms with Gasteiger partial charge in [0.2, 0.25) is 0 Å². The molecular weight excluding hydrogens is 376 g/mol. The number of aromatic nitrogens is 2. The minimum atomic E-state index is -0.618. The van der Waals surface area contributed by atoms with Crippen LogP contribution in [-0.4, -0.2) is 34.0 Å². The summed E-state index contributed by atoms with van der Waals surface area (Å²) in [7, 11) is 0. The van der Waals surface area contributed by atoms with E-state index in [9.17, 15) is 5.11 Å². The van der Waals surface area contributed by atoms with E-state index >= 15 is 0 Å². The fourth-order valence-electron chi connectivity index (χ4n) is 3.55. The van der Waals surface area contributed by atoms with Crippen LogP contribution < -0.4 is 9.47 Å². The largest absolute Gasteiger partial charge is 0.494 e. The highest BCUT2D eigenvalue weighted by molar-refractivity contribution is 5.75. The summed E-state index contributed by atoms with van der Waals surface area (Å²) in [6.07, 6.45) is 6.07. The Balaban J connectivity index is 1.51. The summed E-state index contributed by atoms with van der Waals surface area (Å²) < 4.78 is 13.7. The first-order chi connectivity index (χ1) is 14.7. The molecule has 0 unspecified atom stereocenters. The van der Waals surface area contributed by atoms with E-state index in [1.54, 1.807) is 0 Å². The zero-order chi connectivity index (χ0) is 21.2. The third kappa shape index (κ3) is 6.23. The second kappa shape index (κ2) is 11.6. The van der Waals surface area contributed by atoms with Crippen LogP contribution in [0.1, 0.15) is 51.8 Å². The number of aryl methyl sites for hydroxylation is 1. The quantitative estimate of drug-likeness (QED) is 0.384. The first-order valence-electron chi connectivity index (χ1n) is 11.2. The molecule has 162 valence electrons. The summed E-state index contributed by atoms with van der Waals surface area (Å²) in [4.78, 5) is 4.72. The summed E-state index contributed by atoms with van der Waals surface area (Å²) in [6.45, 7) is 5.79. The third-order valence-corrected chi connectivity index (χ3v) is 5.13. The highest BCUT2D eigenvalue weighted by Crippen LogP contribution is 2.20. The smallest absolute Gasteiger partial charge is 0.119 e. The number of benzene rings is 2. The van der Waals surface area contributed by atoms with Crippen molar-refractivity contribution in [1.82, 2.24) is 9.55 Å². The summed E-state index contributed by atoms with van der Waals surface area (Å²) in [6, 6.07) is 15.7. The molecule has 3 rings (SSSR count). The zero-order valence-corrected chi connectivity index (χ0v) is 18.2. The molecular formula is C25H34N2O3. The van der Waals surface area contributed by atoms with Crippen LogP contribution in [0.4, 0.5) is 0 Å². The van der Waals surface area contributed by atoms with E-state index in [1.807, 2.05) is 42.5 Å². The summed E-state index contributed by atoms with van der Waals surface area (Å²) in [5, 5.41) is 10.6. The lowest BCUT2D eigenvalue weighted by Crippen LogP contribution is -2.24. The van der Waals surface area contributed by atoms with E-state index < -0.39 is 6.10 Å². The molecule has 1 atom stereocenters. The van der Waals surface area contributed by atoms with Crippen LogP contribution in [0.2, 0.25) is 0 Å². The van der Waals surface area contributed by atoms with Crippen LogP contribution in [0, 0.1) is 0 Å². The van der Waals surface area contributed by atoms with Crippen LogP contribution in [-0.2, 0) is 13.0 Å². The first-order valence-corrected chi connectivity index (χ1v) is 11.2. The van der Waals surface area contributed by atoms with Gasteiger partial charge in [0.15, 0.2) is 0 Å². The normalized spacial score (nSPS) is 12.2. The predicted molar refractivity (Wildman–Crippen MR) is 121 cm³/mol. The van der Waals surface area contributed by atoms with Gasteiger partial charge in [-0.3, -0.25) is 0 Å². The highest BCUT2D eigenvalue weighted by atomic mass is 16.5. The average Bonchev–Trinajstić information content (AvgIpc) is 3.10. The lowest BCUT2D eigenvalue weighted by molar-refractivity contribution is 0.0927. The Bertz CT molecular complexity index is 889. The van der Waals surface area contributed by atoms with Gasteiger partial charge in [-0.05, 0) is 49.2 Å². The van der Waals surface area contributed by atoms with Crippen molar-refractivity contribution in [3.63, 3.8) is 0 Å². The van der Waals surface area contributed by atoms with E-state index in [1.165, 1.54) is 19.3 Å². The standard InChI is InChI=1S/C25H34N2O3/c1-3-5-6-9-17-29-21-13-15-22(16-14-21)30-19-20(28)18-27-24-12-8-7-11-23(24)26-25(27)10-4-2/h7-8,11-16,20,28H,3-6,9-10,17-19H2,1-2H3/t20-/m0/s1. The topological polar surface area (TPSA) is 56.5 Å². The molecule has 0 amide bonds. The van der Waals surface area contributed by atoms with Crippen molar-refractivity contribution in [2.75, 3.05) is 13.2 Å². The Morgan fingerprint density at radius 1 is 0.900 bits per heavy atom. The summed E-state index contributed by atoms with van der Waals surface area (Å²) >= 11 is 0. The van der Waals surface area contributed by atoms with Gasteiger partial charge in [0.1, 0.15) is 30.0 Å². The number of aliphatic hydroxyl groups excluding tert-OH is 1. The molecule has 2 aromatic carbocycles. The van der Waals surface area contributed by atoms with Gasteiger partial charge in [-0.1, -0.05) is 45.2 Å². The van der Waals surface area contributed by atoms with E-state index in [0.29, 0.717) is 6.54 Å². The van der Waals surface area contributed by atoms with Gasteiger partial charge in [-0.2, -0.15) is 0 Å². The molecule has 5 nitrogen and oxygen atoms in total. The second-order valence-corrected chi connectivity index (χ2v) is 7.72. The SMILES string of the molecule is CCCCCCOc1ccc(OC[C@@H](O)Cn2c(CCC)nc3ccccc32)cc1. The first kappa shape index (κ1) is 22.2. The van der Waals surface area contributed by atoms with E-state index in [2.05, 4.69) is 24.5 Å². The molecule has 0 radical (unpaired) electrons. The van der Waals surface area contributed by atoms with Crippen LogP contribution in [0.15, 0.2) is 48.5 Å². The van der Waals surface area contributed by atoms with E-state index in [0.717, 1.165) is 54.2 Å². The molecule has 0 aliphatic heterocycles. The van der Waals surface area contributed by atoms with E-state index in [-0.39, 0.29) is 6.61 Å². The number of ether oxygens (including phenoxy) is 2. The van der Waals surface area contributed by atoms with Crippen molar-refractivity contribution in [1.29, 1.82) is 0 Å². The molecule has 1 N–H and O–H groups in total. The average molecular weight is 411 g/mol. The lowest BCUT2D eigenvalue weighted by Gasteiger charge is -2.16. The molecule has 1 heterocycles. The Hall–Kier alpha value is -2.53. The second-order valence-electron chi connectivity index (χ2n) is 7.72. The van der Waals surface area contributed by atoms with Gasteiger partial charge in [-0.25, -0.2) is 4.98 Å². The molecule has 0 aliphatic rings. The van der Waals surface area contributed by atoms with Crippen molar-refractivity contribution in [3.8, 4) is 11.5 Å². The molecule has 30 heavy (non-hydrogen) atoms. The number of fused-ring (bicyclic) bond motifs is 1. The number of hydrogen-bond acceptors (Lipinski definition) is 4.